The summed E-state index contributed by atoms with van der Waals surface area (Å²) >= 11 is 0. The van der Waals surface area contributed by atoms with Gasteiger partial charge in [-0.1, -0.05) is 6.07 Å². The van der Waals surface area contributed by atoms with Crippen LogP contribution in [-0.2, 0) is 12.8 Å². The van der Waals surface area contributed by atoms with Gasteiger partial charge in [-0.3, -0.25) is 0 Å². The van der Waals surface area contributed by atoms with E-state index < -0.39 is 0 Å². The van der Waals surface area contributed by atoms with E-state index in [2.05, 4.69) is 12.1 Å². The number of phenolic OH excluding ortho intramolecular Hbond substituents is 1. The Morgan fingerprint density at radius 2 is 1.93 bits per heavy atom. The van der Waals surface area contributed by atoms with Gasteiger partial charge in [-0.15, -0.1) is 0 Å². The first-order valence-corrected chi connectivity index (χ1v) is 9.63. The summed E-state index contributed by atoms with van der Waals surface area (Å²) in [5.41, 5.74) is 3.28. The predicted molar refractivity (Wildman–Crippen MR) is 104 cm³/mol. The Labute approximate surface area is 160 Å². The minimum absolute atomic E-state index is 0.118. The molecule has 0 saturated heterocycles. The van der Waals surface area contributed by atoms with E-state index in [-0.39, 0.29) is 16.4 Å². The van der Waals surface area contributed by atoms with E-state index in [0.717, 1.165) is 23.3 Å². The van der Waals surface area contributed by atoms with E-state index >= 15 is 0 Å². The maximum atomic E-state index is 13.9. The molecule has 1 aliphatic carbocycles. The predicted octanol–water partition coefficient (Wildman–Crippen LogP) is 3.97. The van der Waals surface area contributed by atoms with E-state index in [1.165, 1.54) is 25.5 Å². The molecule has 144 valence electrons. The van der Waals surface area contributed by atoms with Crippen LogP contribution >= 0.6 is 0 Å². The van der Waals surface area contributed by atoms with Gasteiger partial charge in [0.2, 0.25) is 0 Å². The first-order valence-electron chi connectivity index (χ1n) is 9.63. The molecule has 1 N–H and O–H groups in total. The van der Waals surface area contributed by atoms with Crippen LogP contribution in [0.25, 0.3) is 0 Å². The van der Waals surface area contributed by atoms with Gasteiger partial charge in [0.05, 0.1) is 27.3 Å². The molecule has 2 aliphatic rings. The lowest BCUT2D eigenvalue weighted by molar-refractivity contribution is -0.915. The number of benzene rings is 2. The maximum Gasteiger partial charge on any atom is 0.160 e. The molecule has 2 aromatic carbocycles. The molecule has 1 fully saturated rings. The number of hydroxylamine groups is 3. The Kier molecular flexibility index (Phi) is 4.74. The zero-order valence-electron chi connectivity index (χ0n) is 16.0. The minimum atomic E-state index is -0.170. The van der Waals surface area contributed by atoms with Gasteiger partial charge in [0.15, 0.2) is 11.5 Å². The molecule has 1 saturated carbocycles. The van der Waals surface area contributed by atoms with Crippen molar-refractivity contribution in [3.05, 3.63) is 58.3 Å². The van der Waals surface area contributed by atoms with Crippen LogP contribution in [-0.4, -0.2) is 37.1 Å². The second-order valence-electron chi connectivity index (χ2n) is 7.84. The van der Waals surface area contributed by atoms with Crippen molar-refractivity contribution in [1.82, 2.24) is 0 Å². The van der Waals surface area contributed by atoms with E-state index in [1.54, 1.807) is 19.2 Å². The summed E-state index contributed by atoms with van der Waals surface area (Å²) in [5, 5.41) is 24.0. The summed E-state index contributed by atoms with van der Waals surface area (Å²) in [6, 6.07) is 11.3. The molecular formula is C22H27NO4. The molecule has 0 bridgehead atoms. The molecule has 5 heteroatoms. The van der Waals surface area contributed by atoms with Gasteiger partial charge in [-0.05, 0) is 54.3 Å². The molecule has 1 heterocycles. The van der Waals surface area contributed by atoms with E-state index in [4.69, 9.17) is 9.47 Å². The highest BCUT2D eigenvalue weighted by Crippen LogP contribution is 2.43. The van der Waals surface area contributed by atoms with Gasteiger partial charge in [0, 0.05) is 24.3 Å². The number of hydrogen-bond donors (Lipinski definition) is 1. The monoisotopic (exact) mass is 369 g/mol. The molecule has 0 radical (unpaired) electrons. The van der Waals surface area contributed by atoms with Gasteiger partial charge in [-0.2, -0.15) is 0 Å². The molecule has 1 aliphatic heterocycles. The normalized spacial score (nSPS) is 24.3. The third kappa shape index (κ3) is 3.62. The van der Waals surface area contributed by atoms with Crippen molar-refractivity contribution >= 4 is 0 Å². The van der Waals surface area contributed by atoms with Gasteiger partial charge in [0.1, 0.15) is 11.8 Å². The van der Waals surface area contributed by atoms with Crippen LogP contribution in [0.4, 0.5) is 0 Å². The van der Waals surface area contributed by atoms with Gasteiger partial charge < -0.3 is 24.4 Å². The minimum Gasteiger partial charge on any atom is -0.632 e. The van der Waals surface area contributed by atoms with Crippen LogP contribution in [0.3, 0.4) is 0 Å². The SMILES string of the molecule is COc1ccc2c(c1)CC[N@@+]([O-])(CC1CC1)[C@@H]2Cc1ccc(OC)c(O)c1. The zero-order valence-corrected chi connectivity index (χ0v) is 16.0. The number of rotatable bonds is 6. The molecule has 4 rings (SSSR count). The van der Waals surface area contributed by atoms with Crippen molar-refractivity contribution in [2.45, 2.75) is 31.7 Å². The highest BCUT2D eigenvalue weighted by atomic mass is 16.5. The number of phenols is 1. The molecule has 27 heavy (non-hydrogen) atoms. The van der Waals surface area contributed by atoms with Crippen LogP contribution < -0.4 is 9.47 Å². The smallest absolute Gasteiger partial charge is 0.160 e. The molecule has 2 aromatic rings. The Morgan fingerprint density at radius 3 is 2.59 bits per heavy atom. The fourth-order valence-corrected chi connectivity index (χ4v) is 4.29. The van der Waals surface area contributed by atoms with Gasteiger partial charge in [0.25, 0.3) is 0 Å². The summed E-state index contributed by atoms with van der Waals surface area (Å²) in [5.74, 6) is 1.97. The second kappa shape index (κ2) is 7.06. The van der Waals surface area contributed by atoms with E-state index in [9.17, 15) is 10.3 Å². The van der Waals surface area contributed by atoms with Crippen molar-refractivity contribution in [3.63, 3.8) is 0 Å². The average Bonchev–Trinajstić information content (AvgIpc) is 3.47. The number of nitrogens with zero attached hydrogens (tertiary/aromatic N) is 1. The van der Waals surface area contributed by atoms with Crippen molar-refractivity contribution in [2.75, 3.05) is 27.3 Å². The zero-order chi connectivity index (χ0) is 19.0. The number of ether oxygens (including phenoxy) is 2. The molecule has 0 unspecified atom stereocenters. The topological polar surface area (TPSA) is 61.8 Å². The number of quaternary nitrogens is 1. The third-order valence-corrected chi connectivity index (χ3v) is 5.97. The summed E-state index contributed by atoms with van der Waals surface area (Å²) in [6.07, 6.45) is 3.74. The molecule has 0 amide bonds. The standard InChI is InChI=1S/C22H27NO4/c1-26-18-6-7-19-17(13-18)9-10-23(25,14-15-3-4-15)20(19)11-16-5-8-22(27-2)21(24)12-16/h5-8,12-13,15,20,24H,3-4,9-11,14H2,1-2H3/t20-,23-/m1/s1. The Bertz CT molecular complexity index is 833. The molecule has 0 aromatic heterocycles. The highest BCUT2D eigenvalue weighted by Gasteiger charge is 2.40. The molecular weight excluding hydrogens is 342 g/mol. The number of fused-ring (bicyclic) bond motifs is 1. The fourth-order valence-electron chi connectivity index (χ4n) is 4.29. The second-order valence-corrected chi connectivity index (χ2v) is 7.84. The first-order chi connectivity index (χ1) is 13.0. The molecule has 2 atom stereocenters. The first kappa shape index (κ1) is 18.1. The van der Waals surface area contributed by atoms with Crippen LogP contribution in [0.2, 0.25) is 0 Å². The van der Waals surface area contributed by atoms with Crippen molar-refractivity contribution in [2.24, 2.45) is 5.92 Å². The van der Waals surface area contributed by atoms with Crippen molar-refractivity contribution < 1.29 is 19.2 Å². The molecule has 0 spiro atoms. The largest absolute Gasteiger partial charge is 0.632 e. The van der Waals surface area contributed by atoms with Crippen LogP contribution in [0, 0.1) is 11.1 Å². The van der Waals surface area contributed by atoms with Crippen molar-refractivity contribution in [3.8, 4) is 17.2 Å². The Balaban J connectivity index is 1.69. The lowest BCUT2D eigenvalue weighted by Crippen LogP contribution is -2.51. The summed E-state index contributed by atoms with van der Waals surface area (Å²) in [4.78, 5) is 0. The third-order valence-electron chi connectivity index (χ3n) is 5.97. The van der Waals surface area contributed by atoms with Gasteiger partial charge in [-0.25, -0.2) is 0 Å². The summed E-state index contributed by atoms with van der Waals surface area (Å²) in [7, 11) is 3.21. The summed E-state index contributed by atoms with van der Waals surface area (Å²) in [6.45, 7) is 1.29. The van der Waals surface area contributed by atoms with E-state index in [0.29, 0.717) is 31.2 Å². The fraction of sp³-hybridized carbons (Fsp3) is 0.455. The van der Waals surface area contributed by atoms with Crippen LogP contribution in [0.1, 0.15) is 35.6 Å². The Hall–Kier alpha value is -2.24. The molecule has 5 nitrogen and oxygen atoms in total. The summed E-state index contributed by atoms with van der Waals surface area (Å²) < 4.78 is 10.3. The maximum absolute atomic E-state index is 13.9. The highest BCUT2D eigenvalue weighted by molar-refractivity contribution is 5.43. The quantitative estimate of drug-likeness (QED) is 0.618. The van der Waals surface area contributed by atoms with E-state index in [1.807, 2.05) is 12.1 Å². The van der Waals surface area contributed by atoms with Gasteiger partial charge >= 0.3 is 0 Å². The van der Waals surface area contributed by atoms with Crippen molar-refractivity contribution in [1.29, 1.82) is 0 Å². The van der Waals surface area contributed by atoms with Crippen LogP contribution in [0.5, 0.6) is 17.2 Å². The number of hydrogen-bond acceptors (Lipinski definition) is 4. The average molecular weight is 369 g/mol. The Morgan fingerprint density at radius 1 is 1.11 bits per heavy atom. The number of methoxy groups -OCH3 is 2. The lowest BCUT2D eigenvalue weighted by Gasteiger charge is -2.52. The van der Waals surface area contributed by atoms with Crippen LogP contribution in [0.15, 0.2) is 36.4 Å². The lowest BCUT2D eigenvalue weighted by atomic mass is 9.87. The number of aromatic hydroxyl groups is 1.